The molecule has 3 rings (SSSR count). The van der Waals surface area contributed by atoms with Crippen molar-refractivity contribution in [1.82, 2.24) is 0 Å². The highest BCUT2D eigenvalue weighted by atomic mass is 19.3. The zero-order valence-corrected chi connectivity index (χ0v) is 9.01. The Hall–Kier alpha value is -1.49. The smallest absolute Gasteiger partial charge is 0.387 e. The minimum atomic E-state index is -2.90. The molecule has 0 amide bonds. The maximum atomic E-state index is 11.7. The molecule has 0 aromatic heterocycles. The number of hydrogen-bond acceptors (Lipinski definition) is 3. The normalized spacial score (nSPS) is 23.9. The van der Waals surface area contributed by atoms with Gasteiger partial charge in [0.25, 0.3) is 0 Å². The van der Waals surface area contributed by atoms with Gasteiger partial charge in [0.1, 0.15) is 5.75 Å². The van der Waals surface area contributed by atoms with Crippen molar-refractivity contribution in [3.63, 3.8) is 0 Å². The van der Waals surface area contributed by atoms with Crippen molar-refractivity contribution < 1.29 is 23.0 Å². The number of fused-ring (bicyclic) bond motifs is 1. The molecule has 5 heteroatoms. The lowest BCUT2D eigenvalue weighted by atomic mass is 10.2. The molecule has 0 bridgehead atoms. The van der Waals surface area contributed by atoms with E-state index in [1.54, 1.807) is 6.07 Å². The molecule has 1 aliphatic carbocycles. The Morgan fingerprint density at radius 3 is 2.53 bits per heavy atom. The summed E-state index contributed by atoms with van der Waals surface area (Å²) < 4.78 is 32.5. The number of alkyl halides is 2. The molecule has 1 saturated carbocycles. The quantitative estimate of drug-likeness (QED) is 0.764. The molecule has 2 fully saturated rings. The number of aldehydes is 1. The minimum Gasteiger partial charge on any atom is -0.434 e. The molecule has 92 valence electrons. The maximum absolute atomic E-state index is 11.7. The van der Waals surface area contributed by atoms with E-state index >= 15 is 0 Å². The summed E-state index contributed by atoms with van der Waals surface area (Å²) in [5.74, 6) is 0.914. The first-order chi connectivity index (χ1) is 8.20. The van der Waals surface area contributed by atoms with E-state index < -0.39 is 6.61 Å². The summed E-state index contributed by atoms with van der Waals surface area (Å²) in [5, 5.41) is 0. The Morgan fingerprint density at radius 1 is 1.41 bits per heavy atom. The van der Waals surface area contributed by atoms with Crippen LogP contribution in [0.5, 0.6) is 5.75 Å². The molecular formula is C12H12F2O3. The van der Waals surface area contributed by atoms with E-state index in [1.165, 1.54) is 24.6 Å². The van der Waals surface area contributed by atoms with Gasteiger partial charge in [-0.25, -0.2) is 0 Å². The van der Waals surface area contributed by atoms with Crippen LogP contribution in [0.25, 0.3) is 0 Å². The molecule has 2 aliphatic rings. The van der Waals surface area contributed by atoms with Crippen molar-refractivity contribution in [2.24, 2.45) is 5.92 Å². The third-order valence-electron chi connectivity index (χ3n) is 2.64. The van der Waals surface area contributed by atoms with E-state index in [9.17, 15) is 13.6 Å². The lowest BCUT2D eigenvalue weighted by Crippen LogP contribution is -2.12. The van der Waals surface area contributed by atoms with Gasteiger partial charge in [0.05, 0.1) is 18.3 Å². The van der Waals surface area contributed by atoms with Crippen molar-refractivity contribution >= 4 is 6.29 Å². The summed E-state index contributed by atoms with van der Waals surface area (Å²) >= 11 is 0. The number of ether oxygens (including phenoxy) is 2. The average molecular weight is 242 g/mol. The van der Waals surface area contributed by atoms with Crippen LogP contribution in [-0.2, 0) is 4.74 Å². The van der Waals surface area contributed by atoms with Gasteiger partial charge in [0.2, 0.25) is 0 Å². The van der Waals surface area contributed by atoms with Gasteiger partial charge in [-0.2, -0.15) is 8.78 Å². The predicted molar refractivity (Wildman–Crippen MR) is 56.3 cm³/mol. The van der Waals surface area contributed by atoms with E-state index in [4.69, 9.17) is 4.74 Å². The molecule has 1 aromatic carbocycles. The van der Waals surface area contributed by atoms with Crippen LogP contribution in [0.4, 0.5) is 8.78 Å². The molecule has 2 unspecified atom stereocenters. The van der Waals surface area contributed by atoms with Gasteiger partial charge in [-0.15, -0.1) is 0 Å². The first-order valence-electron chi connectivity index (χ1n) is 5.31. The Labute approximate surface area is 97.3 Å². The Bertz CT molecular complexity index is 383. The largest absolute Gasteiger partial charge is 0.434 e. The van der Waals surface area contributed by atoms with Crippen LogP contribution < -0.4 is 4.74 Å². The molecule has 2 atom stereocenters. The van der Waals surface area contributed by atoms with Crippen molar-refractivity contribution in [1.29, 1.82) is 0 Å². The van der Waals surface area contributed by atoms with Gasteiger partial charge >= 0.3 is 6.61 Å². The number of rotatable bonds is 3. The summed E-state index contributed by atoms with van der Waals surface area (Å²) in [6.45, 7) is -1.84. The number of hydrogen-bond donors (Lipinski definition) is 0. The standard InChI is InChI=1S/C8H6F2O2.C4H6O/c9-8(10)12-7-4-2-1-3-6(7)5-11;1-3-2-5-4(1)3/h1-5,8H;3-4H,1-2H2. The van der Waals surface area contributed by atoms with E-state index in [-0.39, 0.29) is 11.3 Å². The van der Waals surface area contributed by atoms with Crippen LogP contribution in [0, 0.1) is 5.92 Å². The van der Waals surface area contributed by atoms with E-state index in [0.29, 0.717) is 6.29 Å². The fourth-order valence-corrected chi connectivity index (χ4v) is 1.51. The van der Waals surface area contributed by atoms with E-state index in [2.05, 4.69) is 4.74 Å². The number of carbonyl (C=O) groups is 1. The topological polar surface area (TPSA) is 35.5 Å². The number of carbonyl (C=O) groups excluding carboxylic acids is 1. The zero-order valence-electron chi connectivity index (χ0n) is 9.01. The molecule has 1 heterocycles. The summed E-state index contributed by atoms with van der Waals surface area (Å²) in [5.41, 5.74) is 0.123. The molecule has 3 nitrogen and oxygen atoms in total. The van der Waals surface area contributed by atoms with Gasteiger partial charge < -0.3 is 9.47 Å². The summed E-state index contributed by atoms with van der Waals surface area (Å²) in [6, 6.07) is 5.81. The fourth-order valence-electron chi connectivity index (χ4n) is 1.51. The first kappa shape index (κ1) is 12.0. The van der Waals surface area contributed by atoms with Gasteiger partial charge in [0, 0.05) is 5.92 Å². The maximum Gasteiger partial charge on any atom is 0.387 e. The number of para-hydroxylation sites is 1. The van der Waals surface area contributed by atoms with Gasteiger partial charge in [-0.05, 0) is 18.6 Å². The van der Waals surface area contributed by atoms with Crippen molar-refractivity contribution in [2.75, 3.05) is 6.61 Å². The second-order valence-corrected chi connectivity index (χ2v) is 3.90. The summed E-state index contributed by atoms with van der Waals surface area (Å²) in [6.07, 6.45) is 2.56. The van der Waals surface area contributed by atoms with E-state index in [0.717, 1.165) is 18.6 Å². The first-order valence-corrected chi connectivity index (χ1v) is 5.31. The highest BCUT2D eigenvalue weighted by Gasteiger charge is 2.46. The van der Waals surface area contributed by atoms with Gasteiger partial charge in [0.15, 0.2) is 6.29 Å². The Kier molecular flexibility index (Phi) is 3.68. The monoisotopic (exact) mass is 242 g/mol. The molecule has 17 heavy (non-hydrogen) atoms. The number of halogens is 2. The SMILES string of the molecule is C1OC2CC12.O=Cc1ccccc1OC(F)F. The molecule has 0 spiro atoms. The highest BCUT2D eigenvalue weighted by molar-refractivity contribution is 5.79. The lowest BCUT2D eigenvalue weighted by Gasteiger charge is -2.08. The Morgan fingerprint density at radius 2 is 2.12 bits per heavy atom. The minimum absolute atomic E-state index is 0.0949. The second kappa shape index (κ2) is 5.23. The fraction of sp³-hybridized carbons (Fsp3) is 0.417. The van der Waals surface area contributed by atoms with Crippen LogP contribution in [-0.4, -0.2) is 25.6 Å². The molecule has 0 N–H and O–H groups in total. The molecular weight excluding hydrogens is 230 g/mol. The molecule has 1 aromatic rings. The van der Waals surface area contributed by atoms with Crippen LogP contribution in [0.3, 0.4) is 0 Å². The van der Waals surface area contributed by atoms with Crippen LogP contribution in [0.15, 0.2) is 24.3 Å². The lowest BCUT2D eigenvalue weighted by molar-refractivity contribution is -0.0500. The molecule has 0 radical (unpaired) electrons. The van der Waals surface area contributed by atoms with Gasteiger partial charge in [-0.1, -0.05) is 12.1 Å². The van der Waals surface area contributed by atoms with Crippen LogP contribution >= 0.6 is 0 Å². The van der Waals surface area contributed by atoms with E-state index in [1.807, 2.05) is 0 Å². The van der Waals surface area contributed by atoms with Crippen LogP contribution in [0.2, 0.25) is 0 Å². The predicted octanol–water partition coefficient (Wildman–Crippen LogP) is 2.51. The van der Waals surface area contributed by atoms with Crippen molar-refractivity contribution in [3.05, 3.63) is 29.8 Å². The molecule has 1 aliphatic heterocycles. The highest BCUT2D eigenvalue weighted by Crippen LogP contribution is 2.42. The van der Waals surface area contributed by atoms with Crippen molar-refractivity contribution in [3.8, 4) is 5.75 Å². The van der Waals surface area contributed by atoms with Gasteiger partial charge in [-0.3, -0.25) is 4.79 Å². The molecule has 1 saturated heterocycles. The Balaban J connectivity index is 0.000000174. The number of benzene rings is 1. The van der Waals surface area contributed by atoms with Crippen molar-refractivity contribution in [2.45, 2.75) is 19.1 Å². The van der Waals surface area contributed by atoms with Crippen LogP contribution in [0.1, 0.15) is 16.8 Å². The second-order valence-electron chi connectivity index (χ2n) is 3.90. The zero-order chi connectivity index (χ0) is 12.3. The summed E-state index contributed by atoms with van der Waals surface area (Å²) in [4.78, 5) is 10.3. The average Bonchev–Trinajstić information content (AvgIpc) is 2.86. The third kappa shape index (κ3) is 3.23. The third-order valence-corrected chi connectivity index (χ3v) is 2.64. The summed E-state index contributed by atoms with van der Waals surface area (Å²) in [7, 11) is 0.